The predicted molar refractivity (Wildman–Crippen MR) is 158 cm³/mol. The van der Waals surface area contributed by atoms with Crippen molar-refractivity contribution < 1.29 is 29.4 Å². The van der Waals surface area contributed by atoms with E-state index in [1.54, 1.807) is 17.2 Å². The minimum absolute atomic E-state index is 0.00226. The lowest BCUT2D eigenvalue weighted by Crippen LogP contribution is -2.31. The highest BCUT2D eigenvalue weighted by Gasteiger charge is 2.32. The fourth-order valence-corrected chi connectivity index (χ4v) is 5.60. The number of thioether (sulfide) groups is 1. The van der Waals surface area contributed by atoms with E-state index in [2.05, 4.69) is 17.4 Å². The molecule has 0 spiro atoms. The molecule has 41 heavy (non-hydrogen) atoms. The van der Waals surface area contributed by atoms with Gasteiger partial charge in [0.2, 0.25) is 11.8 Å². The number of amides is 2. The molecular formula is C32H38N2O6S. The maximum absolute atomic E-state index is 12.4. The van der Waals surface area contributed by atoms with E-state index in [9.17, 15) is 14.7 Å². The number of hydroxylamine groups is 1. The SMILES string of the molecule is O=C(CCCCCCC(=O)Nc1ccc([C@H]2O[C@@H](CSc3ccccc3)C[C@@H](c3ccc(CO)cc3)O2)cc1)NO. The van der Waals surface area contributed by atoms with E-state index in [1.807, 2.05) is 66.7 Å². The van der Waals surface area contributed by atoms with Crippen LogP contribution < -0.4 is 10.8 Å². The number of hydrogen-bond acceptors (Lipinski definition) is 7. The van der Waals surface area contributed by atoms with E-state index in [4.69, 9.17) is 14.7 Å². The van der Waals surface area contributed by atoms with Gasteiger partial charge < -0.3 is 19.9 Å². The number of rotatable bonds is 14. The first-order chi connectivity index (χ1) is 20.0. The Balaban J connectivity index is 1.33. The Morgan fingerprint density at radius 1 is 0.805 bits per heavy atom. The molecule has 3 aromatic carbocycles. The number of ether oxygens (including phenoxy) is 2. The van der Waals surface area contributed by atoms with Gasteiger partial charge >= 0.3 is 0 Å². The Morgan fingerprint density at radius 2 is 1.46 bits per heavy atom. The van der Waals surface area contributed by atoms with E-state index < -0.39 is 6.29 Å². The zero-order chi connectivity index (χ0) is 28.9. The summed E-state index contributed by atoms with van der Waals surface area (Å²) < 4.78 is 12.8. The lowest BCUT2D eigenvalue weighted by Gasteiger charge is -2.36. The zero-order valence-electron chi connectivity index (χ0n) is 23.0. The summed E-state index contributed by atoms with van der Waals surface area (Å²) in [4.78, 5) is 24.6. The molecule has 0 aromatic heterocycles. The van der Waals surface area contributed by atoms with Gasteiger partial charge in [-0.25, -0.2) is 5.48 Å². The second kappa shape index (κ2) is 16.3. The fourth-order valence-electron chi connectivity index (χ4n) is 4.66. The highest BCUT2D eigenvalue weighted by molar-refractivity contribution is 7.99. The van der Waals surface area contributed by atoms with E-state index in [0.717, 1.165) is 48.1 Å². The quantitative estimate of drug-likeness (QED) is 0.0767. The number of anilines is 1. The lowest BCUT2D eigenvalue weighted by molar-refractivity contribution is -0.245. The molecule has 1 heterocycles. The second-order valence-electron chi connectivity index (χ2n) is 10.1. The third-order valence-electron chi connectivity index (χ3n) is 6.94. The van der Waals surface area contributed by atoms with Gasteiger partial charge in [0.1, 0.15) is 0 Å². The topological polar surface area (TPSA) is 117 Å². The van der Waals surface area contributed by atoms with Gasteiger partial charge in [-0.1, -0.05) is 67.4 Å². The first kappa shape index (κ1) is 30.7. The maximum Gasteiger partial charge on any atom is 0.243 e. The molecule has 1 aliphatic heterocycles. The Labute approximate surface area is 245 Å². The number of benzene rings is 3. The van der Waals surface area contributed by atoms with Crippen LogP contribution in [0.25, 0.3) is 0 Å². The summed E-state index contributed by atoms with van der Waals surface area (Å²) in [6, 6.07) is 25.7. The van der Waals surface area contributed by atoms with Gasteiger partial charge in [-0.15, -0.1) is 11.8 Å². The van der Waals surface area contributed by atoms with Crippen molar-refractivity contribution >= 4 is 29.3 Å². The van der Waals surface area contributed by atoms with Crippen LogP contribution in [0.4, 0.5) is 5.69 Å². The molecule has 9 heteroatoms. The van der Waals surface area contributed by atoms with Crippen molar-refractivity contribution in [1.82, 2.24) is 5.48 Å². The van der Waals surface area contributed by atoms with Gasteiger partial charge in [0.15, 0.2) is 6.29 Å². The van der Waals surface area contributed by atoms with E-state index in [0.29, 0.717) is 18.5 Å². The summed E-state index contributed by atoms with van der Waals surface area (Å²) in [7, 11) is 0. The summed E-state index contributed by atoms with van der Waals surface area (Å²) in [6.45, 7) is 0.00226. The minimum atomic E-state index is -0.551. The zero-order valence-corrected chi connectivity index (χ0v) is 23.9. The number of aliphatic hydroxyl groups is 1. The molecule has 2 amide bonds. The summed E-state index contributed by atoms with van der Waals surface area (Å²) >= 11 is 1.76. The number of aliphatic hydroxyl groups excluding tert-OH is 1. The summed E-state index contributed by atoms with van der Waals surface area (Å²) in [5.74, 6) is 0.349. The molecule has 1 aliphatic rings. The largest absolute Gasteiger partial charge is 0.392 e. The van der Waals surface area contributed by atoms with Gasteiger partial charge in [-0.05, 0) is 48.2 Å². The average Bonchev–Trinajstić information content (AvgIpc) is 3.02. The molecule has 8 nitrogen and oxygen atoms in total. The Kier molecular flexibility index (Phi) is 12.2. The smallest absolute Gasteiger partial charge is 0.243 e. The third kappa shape index (κ3) is 9.98. The molecule has 4 N–H and O–H groups in total. The molecule has 1 saturated heterocycles. The molecular weight excluding hydrogens is 540 g/mol. The van der Waals surface area contributed by atoms with Crippen LogP contribution in [-0.2, 0) is 25.7 Å². The first-order valence-corrected chi connectivity index (χ1v) is 15.0. The van der Waals surface area contributed by atoms with Crippen LogP contribution in [0.5, 0.6) is 0 Å². The summed E-state index contributed by atoms with van der Waals surface area (Å²) in [6.07, 6.45) is 3.76. The normalized spacial score (nSPS) is 18.5. The van der Waals surface area contributed by atoms with Crippen LogP contribution in [0.1, 0.15) is 74.0 Å². The van der Waals surface area contributed by atoms with Gasteiger partial charge in [0, 0.05) is 41.2 Å². The number of nitrogens with one attached hydrogen (secondary N) is 2. The Morgan fingerprint density at radius 3 is 2.12 bits per heavy atom. The van der Waals surface area contributed by atoms with Gasteiger partial charge in [-0.2, -0.15) is 0 Å². The third-order valence-corrected chi connectivity index (χ3v) is 8.09. The van der Waals surface area contributed by atoms with Gasteiger partial charge in [-0.3, -0.25) is 14.8 Å². The van der Waals surface area contributed by atoms with Crippen LogP contribution in [0.2, 0.25) is 0 Å². The lowest BCUT2D eigenvalue weighted by atomic mass is 10.0. The highest BCUT2D eigenvalue weighted by atomic mass is 32.2. The molecule has 3 aromatic rings. The van der Waals surface area contributed by atoms with Crippen LogP contribution in [0, 0.1) is 0 Å². The van der Waals surface area contributed by atoms with E-state index in [1.165, 1.54) is 4.90 Å². The van der Waals surface area contributed by atoms with E-state index in [-0.39, 0.29) is 37.0 Å². The van der Waals surface area contributed by atoms with Crippen LogP contribution in [0.3, 0.4) is 0 Å². The van der Waals surface area contributed by atoms with Crippen molar-refractivity contribution in [3.05, 3.63) is 95.6 Å². The molecule has 0 radical (unpaired) electrons. The average molecular weight is 579 g/mol. The minimum Gasteiger partial charge on any atom is -0.392 e. The van der Waals surface area contributed by atoms with Crippen molar-refractivity contribution in [2.24, 2.45) is 0 Å². The van der Waals surface area contributed by atoms with Crippen molar-refractivity contribution in [3.8, 4) is 0 Å². The van der Waals surface area contributed by atoms with Gasteiger partial charge in [0.25, 0.3) is 0 Å². The number of hydrogen-bond donors (Lipinski definition) is 4. The van der Waals surface area contributed by atoms with Gasteiger partial charge in [0.05, 0.1) is 18.8 Å². The standard InChI is InChI=1S/C32H38N2O6S/c35-21-23-12-14-24(15-13-23)29-20-27(22-41-28-8-4-3-5-9-28)39-32(40-29)25-16-18-26(19-17-25)33-30(36)10-6-1-2-7-11-31(37)34-38/h3-5,8-9,12-19,27,29,32,35,38H,1-2,6-7,10-11,20-22H2,(H,33,36)(H,34,37)/t27-,29+,32+/m1/s1. The van der Waals surface area contributed by atoms with Crippen molar-refractivity contribution in [3.63, 3.8) is 0 Å². The van der Waals surface area contributed by atoms with Crippen molar-refractivity contribution in [2.45, 2.75) is 74.9 Å². The van der Waals surface area contributed by atoms with Crippen molar-refractivity contribution in [2.75, 3.05) is 11.1 Å². The van der Waals surface area contributed by atoms with Crippen LogP contribution in [-0.4, -0.2) is 34.0 Å². The fraction of sp³-hybridized carbons (Fsp3) is 0.375. The number of carbonyl (C=O) groups excluding carboxylic acids is 2. The molecule has 0 unspecified atom stereocenters. The first-order valence-electron chi connectivity index (χ1n) is 14.0. The van der Waals surface area contributed by atoms with E-state index >= 15 is 0 Å². The Hall–Kier alpha value is -3.21. The molecule has 4 rings (SSSR count). The number of unbranched alkanes of at least 4 members (excludes halogenated alkanes) is 3. The molecule has 1 fully saturated rings. The van der Waals surface area contributed by atoms with Crippen LogP contribution >= 0.6 is 11.8 Å². The second-order valence-corrected chi connectivity index (χ2v) is 11.2. The monoisotopic (exact) mass is 578 g/mol. The molecule has 0 bridgehead atoms. The molecule has 0 aliphatic carbocycles. The van der Waals surface area contributed by atoms with Crippen LogP contribution in [0.15, 0.2) is 83.8 Å². The maximum atomic E-state index is 12.4. The predicted octanol–water partition coefficient (Wildman–Crippen LogP) is 6.30. The summed E-state index contributed by atoms with van der Waals surface area (Å²) in [5, 5.41) is 20.9. The number of carbonyl (C=O) groups is 2. The molecule has 0 saturated carbocycles. The molecule has 3 atom stereocenters. The summed E-state index contributed by atoms with van der Waals surface area (Å²) in [5.41, 5.74) is 5.12. The Bertz CT molecular complexity index is 1220. The molecule has 218 valence electrons. The van der Waals surface area contributed by atoms with Crippen molar-refractivity contribution in [1.29, 1.82) is 0 Å². The highest BCUT2D eigenvalue weighted by Crippen LogP contribution is 2.39.